The van der Waals surface area contributed by atoms with Gasteiger partial charge in [-0.3, -0.25) is 0 Å². The lowest BCUT2D eigenvalue weighted by atomic mass is 10.1. The van der Waals surface area contributed by atoms with E-state index in [1.165, 1.54) is 12.6 Å². The SMILES string of the molecule is C=C1CCC(C=O)C1.CNO. The molecule has 0 bridgehead atoms. The Morgan fingerprint density at radius 1 is 1.82 bits per heavy atom. The molecule has 0 amide bonds. The van der Waals surface area contributed by atoms with Gasteiger partial charge in [-0.1, -0.05) is 12.2 Å². The molecule has 0 aromatic carbocycles. The van der Waals surface area contributed by atoms with E-state index in [2.05, 4.69) is 6.58 Å². The van der Waals surface area contributed by atoms with Crippen LogP contribution in [-0.4, -0.2) is 18.5 Å². The van der Waals surface area contributed by atoms with Crippen LogP contribution >= 0.6 is 0 Å². The third kappa shape index (κ3) is 4.70. The Kier molecular flexibility index (Phi) is 5.70. The Hall–Kier alpha value is -0.670. The maximum Gasteiger partial charge on any atom is 0.123 e. The molecule has 1 fully saturated rings. The number of carbonyl (C=O) groups excluding carboxylic acids is 1. The summed E-state index contributed by atoms with van der Waals surface area (Å²) in [6, 6.07) is 0. The van der Waals surface area contributed by atoms with Crippen molar-refractivity contribution in [2.75, 3.05) is 7.05 Å². The van der Waals surface area contributed by atoms with Crippen molar-refractivity contribution < 1.29 is 10.0 Å². The second kappa shape index (κ2) is 6.07. The molecule has 3 nitrogen and oxygen atoms in total. The van der Waals surface area contributed by atoms with Gasteiger partial charge in [0, 0.05) is 13.0 Å². The lowest BCUT2D eigenvalue weighted by molar-refractivity contribution is -0.110. The van der Waals surface area contributed by atoms with E-state index >= 15 is 0 Å². The lowest BCUT2D eigenvalue weighted by Gasteiger charge is -1.91. The summed E-state index contributed by atoms with van der Waals surface area (Å²) in [6.45, 7) is 3.79. The van der Waals surface area contributed by atoms with Crippen molar-refractivity contribution in [3.05, 3.63) is 12.2 Å². The summed E-state index contributed by atoms with van der Waals surface area (Å²) in [5.41, 5.74) is 2.99. The van der Waals surface area contributed by atoms with E-state index in [4.69, 9.17) is 5.21 Å². The summed E-state index contributed by atoms with van der Waals surface area (Å²) in [5.74, 6) is 0.294. The van der Waals surface area contributed by atoms with Crippen LogP contribution in [0.1, 0.15) is 19.3 Å². The number of nitrogens with one attached hydrogen (secondary N) is 1. The van der Waals surface area contributed by atoms with Crippen LogP contribution in [0.15, 0.2) is 12.2 Å². The molecule has 0 aliphatic heterocycles. The first kappa shape index (κ1) is 10.3. The molecule has 0 radical (unpaired) electrons. The molecule has 1 atom stereocenters. The fourth-order valence-corrected chi connectivity index (χ4v) is 1.08. The highest BCUT2D eigenvalue weighted by atomic mass is 16.5. The second-order valence-electron chi connectivity index (χ2n) is 2.61. The van der Waals surface area contributed by atoms with Crippen molar-refractivity contribution in [2.45, 2.75) is 19.3 Å². The van der Waals surface area contributed by atoms with Crippen LogP contribution in [0.5, 0.6) is 0 Å². The molecule has 0 saturated heterocycles. The Balaban J connectivity index is 0.000000292. The maximum absolute atomic E-state index is 10.1. The Bertz CT molecular complexity index is 134. The van der Waals surface area contributed by atoms with Gasteiger partial charge in [0.1, 0.15) is 6.29 Å². The number of hydrogen-bond acceptors (Lipinski definition) is 3. The van der Waals surface area contributed by atoms with Gasteiger partial charge in [0.05, 0.1) is 0 Å². The third-order valence-electron chi connectivity index (χ3n) is 1.61. The Morgan fingerprint density at radius 3 is 2.55 bits per heavy atom. The van der Waals surface area contributed by atoms with Crippen LogP contribution in [0.25, 0.3) is 0 Å². The molecule has 64 valence electrons. The first-order valence-electron chi connectivity index (χ1n) is 3.67. The van der Waals surface area contributed by atoms with Crippen molar-refractivity contribution in [1.82, 2.24) is 5.48 Å². The van der Waals surface area contributed by atoms with Gasteiger partial charge in [0.15, 0.2) is 0 Å². The van der Waals surface area contributed by atoms with Gasteiger partial charge in [-0.2, -0.15) is 0 Å². The summed E-state index contributed by atoms with van der Waals surface area (Å²) in [7, 11) is 1.43. The van der Waals surface area contributed by atoms with E-state index in [-0.39, 0.29) is 0 Å². The van der Waals surface area contributed by atoms with Crippen LogP contribution in [0.3, 0.4) is 0 Å². The number of allylic oxidation sites excluding steroid dienone is 1. The minimum Gasteiger partial charge on any atom is -0.317 e. The van der Waals surface area contributed by atoms with Crippen LogP contribution in [0, 0.1) is 5.92 Å². The van der Waals surface area contributed by atoms with E-state index in [1.54, 1.807) is 5.48 Å². The van der Waals surface area contributed by atoms with Crippen molar-refractivity contribution in [2.24, 2.45) is 5.92 Å². The van der Waals surface area contributed by atoms with Crippen LogP contribution < -0.4 is 5.48 Å². The van der Waals surface area contributed by atoms with Gasteiger partial charge in [-0.05, 0) is 19.3 Å². The predicted octanol–water partition coefficient (Wildman–Crippen LogP) is 1.14. The minimum atomic E-state index is 0.294. The monoisotopic (exact) mass is 157 g/mol. The zero-order valence-electron chi connectivity index (χ0n) is 6.84. The predicted molar refractivity (Wildman–Crippen MR) is 43.4 cm³/mol. The molecule has 1 aliphatic carbocycles. The second-order valence-corrected chi connectivity index (χ2v) is 2.61. The van der Waals surface area contributed by atoms with Gasteiger partial charge in [0.2, 0.25) is 0 Å². The van der Waals surface area contributed by atoms with Crippen molar-refractivity contribution in [3.63, 3.8) is 0 Å². The molecular weight excluding hydrogens is 142 g/mol. The van der Waals surface area contributed by atoms with E-state index < -0.39 is 0 Å². The third-order valence-corrected chi connectivity index (χ3v) is 1.61. The number of carbonyl (C=O) groups is 1. The van der Waals surface area contributed by atoms with Crippen LogP contribution in [0.4, 0.5) is 0 Å². The molecule has 0 aromatic heterocycles. The van der Waals surface area contributed by atoms with Gasteiger partial charge in [-0.15, -0.1) is 0 Å². The molecule has 1 aliphatic rings. The summed E-state index contributed by atoms with van der Waals surface area (Å²) < 4.78 is 0. The molecule has 1 rings (SSSR count). The van der Waals surface area contributed by atoms with Crippen LogP contribution in [-0.2, 0) is 4.79 Å². The van der Waals surface area contributed by atoms with Gasteiger partial charge >= 0.3 is 0 Å². The molecular formula is C8H15NO2. The quantitative estimate of drug-likeness (QED) is 0.341. The molecule has 3 heteroatoms. The molecule has 1 saturated carbocycles. The van der Waals surface area contributed by atoms with Crippen molar-refractivity contribution in [3.8, 4) is 0 Å². The number of aldehydes is 1. The smallest absolute Gasteiger partial charge is 0.123 e. The van der Waals surface area contributed by atoms with Gasteiger partial charge in [-0.25, -0.2) is 5.48 Å². The maximum atomic E-state index is 10.1. The number of hydroxylamine groups is 1. The molecule has 11 heavy (non-hydrogen) atoms. The zero-order chi connectivity index (χ0) is 8.69. The average molecular weight is 157 g/mol. The first-order valence-corrected chi connectivity index (χ1v) is 3.67. The van der Waals surface area contributed by atoms with E-state index in [9.17, 15) is 4.79 Å². The lowest BCUT2D eigenvalue weighted by Crippen LogP contribution is -1.91. The summed E-state index contributed by atoms with van der Waals surface area (Å²) >= 11 is 0. The standard InChI is InChI=1S/C7H10O.CH5NO/c1-6-2-3-7(4-6)5-8;1-2-3/h5,7H,1-4H2;2-3H,1H3. The Labute approximate surface area is 67.1 Å². The molecule has 0 aromatic rings. The van der Waals surface area contributed by atoms with Crippen molar-refractivity contribution >= 4 is 6.29 Å². The Morgan fingerprint density at radius 2 is 2.36 bits per heavy atom. The van der Waals surface area contributed by atoms with Crippen LogP contribution in [0.2, 0.25) is 0 Å². The number of hydrogen-bond donors (Lipinski definition) is 2. The highest BCUT2D eigenvalue weighted by Gasteiger charge is 2.15. The minimum absolute atomic E-state index is 0.294. The highest BCUT2D eigenvalue weighted by Crippen LogP contribution is 2.26. The first-order chi connectivity index (χ1) is 5.24. The van der Waals surface area contributed by atoms with E-state index in [1.807, 2.05) is 0 Å². The van der Waals surface area contributed by atoms with E-state index in [0.717, 1.165) is 25.5 Å². The summed E-state index contributed by atoms with van der Waals surface area (Å²) in [5, 5.41) is 7.32. The molecule has 0 heterocycles. The van der Waals surface area contributed by atoms with Gasteiger partial charge in [0.25, 0.3) is 0 Å². The summed E-state index contributed by atoms with van der Waals surface area (Å²) in [4.78, 5) is 10.1. The van der Waals surface area contributed by atoms with Gasteiger partial charge < -0.3 is 10.0 Å². The highest BCUT2D eigenvalue weighted by molar-refractivity contribution is 5.55. The normalized spacial score (nSPS) is 22.4. The zero-order valence-corrected chi connectivity index (χ0v) is 6.84. The topological polar surface area (TPSA) is 49.3 Å². The molecule has 2 N–H and O–H groups in total. The summed E-state index contributed by atoms with van der Waals surface area (Å²) in [6.07, 6.45) is 4.06. The fourth-order valence-electron chi connectivity index (χ4n) is 1.08. The fraction of sp³-hybridized carbons (Fsp3) is 0.625. The molecule has 1 unspecified atom stereocenters. The largest absolute Gasteiger partial charge is 0.317 e. The molecule has 0 spiro atoms. The van der Waals surface area contributed by atoms with Crippen molar-refractivity contribution in [1.29, 1.82) is 0 Å². The number of rotatable bonds is 1. The average Bonchev–Trinajstić information content (AvgIpc) is 2.37. The van der Waals surface area contributed by atoms with E-state index in [0.29, 0.717) is 5.92 Å².